The SMILES string of the molecule is COc1ccc(C(O[C@H]2[C@@H](O[Si](C)(C)C(C)(C)C)[C@H](n3cnc4c(=O)[nH]c(NC(C)=O)nc43)O[C@@H]2COC(=O)CCC(N)=O)(c2ccccc2)c2ccc(OC)cc2)cc1. The number of hydrogen-bond donors (Lipinski definition) is 3. The van der Waals surface area contributed by atoms with Crippen molar-refractivity contribution < 1.29 is 42.5 Å². The van der Waals surface area contributed by atoms with Crippen LogP contribution in [0.2, 0.25) is 18.1 Å². The minimum absolute atomic E-state index is 0.00678. The van der Waals surface area contributed by atoms with E-state index in [1.54, 1.807) is 18.8 Å². The predicted octanol–water partition coefficient (Wildman–Crippen LogP) is 5.57. The molecule has 4 atom stereocenters. The van der Waals surface area contributed by atoms with Crippen molar-refractivity contribution in [3.05, 3.63) is 112 Å². The van der Waals surface area contributed by atoms with Gasteiger partial charge in [-0.1, -0.05) is 75.4 Å². The van der Waals surface area contributed by atoms with Crippen LogP contribution in [0.15, 0.2) is 90.0 Å². The summed E-state index contributed by atoms with van der Waals surface area (Å²) in [6, 6.07) is 24.8. The van der Waals surface area contributed by atoms with Gasteiger partial charge in [-0.25, -0.2) is 4.98 Å². The van der Waals surface area contributed by atoms with Gasteiger partial charge in [0, 0.05) is 13.3 Å². The zero-order chi connectivity index (χ0) is 43.4. The van der Waals surface area contributed by atoms with Crippen LogP contribution in [0.5, 0.6) is 11.5 Å². The Morgan fingerprint density at radius 2 is 1.47 bits per heavy atom. The molecular weight excluding hydrogens is 789 g/mol. The van der Waals surface area contributed by atoms with Gasteiger partial charge in [0.1, 0.15) is 42.0 Å². The van der Waals surface area contributed by atoms with Crippen LogP contribution >= 0.6 is 0 Å². The number of hydrogen-bond acceptors (Lipinski definition) is 12. The molecular formula is C43H52N6O10Si. The van der Waals surface area contributed by atoms with E-state index in [-0.39, 0.29) is 41.6 Å². The summed E-state index contributed by atoms with van der Waals surface area (Å²) in [5.41, 5.74) is 5.70. The second kappa shape index (κ2) is 17.8. The number of nitrogens with zero attached hydrogens (tertiary/aromatic N) is 3. The maximum atomic E-state index is 13.3. The second-order valence-corrected chi connectivity index (χ2v) is 20.8. The molecule has 1 fully saturated rings. The first-order chi connectivity index (χ1) is 28.5. The fraction of sp³-hybridized carbons (Fsp3) is 0.395. The van der Waals surface area contributed by atoms with Crippen LogP contribution in [0.3, 0.4) is 0 Å². The van der Waals surface area contributed by atoms with E-state index in [1.165, 1.54) is 13.3 Å². The van der Waals surface area contributed by atoms with Gasteiger partial charge in [0.15, 0.2) is 25.7 Å². The van der Waals surface area contributed by atoms with Gasteiger partial charge >= 0.3 is 5.97 Å². The van der Waals surface area contributed by atoms with Crippen molar-refractivity contribution in [2.75, 3.05) is 26.1 Å². The molecule has 318 valence electrons. The highest BCUT2D eigenvalue weighted by Gasteiger charge is 2.55. The first kappa shape index (κ1) is 43.7. The van der Waals surface area contributed by atoms with Crippen LogP contribution in [-0.4, -0.2) is 84.8 Å². The maximum Gasteiger partial charge on any atom is 0.306 e. The lowest BCUT2D eigenvalue weighted by molar-refractivity contribution is -0.155. The standard InChI is InChI=1S/C43H52N6O10Si/c1-26(50)46-41-47-38-35(39(53)48-41)45-25-49(38)40-37(59-60(7,8)42(2,3)4)36(32(57-40)24-56-34(52)23-22-33(44)51)58-43(27-12-10-9-11-13-27,28-14-18-30(54-5)19-15-28)29-16-20-31(55-6)21-17-29/h9-21,25,32,36-37,40H,22-24H2,1-8H3,(H2,44,51)(H2,46,47,48,50,53)/t32-,36-,37-,40-/m1/s1. The van der Waals surface area contributed by atoms with E-state index in [0.717, 1.165) is 16.7 Å². The Kier molecular flexibility index (Phi) is 12.9. The average Bonchev–Trinajstić information content (AvgIpc) is 3.78. The molecule has 0 aliphatic carbocycles. The van der Waals surface area contributed by atoms with Gasteiger partial charge in [-0.05, 0) is 59.1 Å². The second-order valence-electron chi connectivity index (χ2n) is 16.1. The summed E-state index contributed by atoms with van der Waals surface area (Å²) in [6.45, 7) is 11.5. The fourth-order valence-corrected chi connectivity index (χ4v) is 8.18. The van der Waals surface area contributed by atoms with Crippen molar-refractivity contribution in [3.63, 3.8) is 0 Å². The van der Waals surface area contributed by atoms with Crippen LogP contribution in [0.1, 0.15) is 63.5 Å². The first-order valence-electron chi connectivity index (χ1n) is 19.5. The molecule has 5 aromatic rings. The monoisotopic (exact) mass is 840 g/mol. The normalized spacial score (nSPS) is 18.3. The molecule has 0 radical (unpaired) electrons. The van der Waals surface area contributed by atoms with Gasteiger partial charge in [0.25, 0.3) is 5.56 Å². The molecule has 0 bridgehead atoms. The molecule has 1 saturated heterocycles. The van der Waals surface area contributed by atoms with Crippen LogP contribution in [0.25, 0.3) is 11.2 Å². The van der Waals surface area contributed by atoms with Crippen molar-refractivity contribution in [2.45, 2.75) is 88.8 Å². The Balaban J connectivity index is 1.61. The van der Waals surface area contributed by atoms with Gasteiger partial charge in [-0.15, -0.1) is 0 Å². The summed E-state index contributed by atoms with van der Waals surface area (Å²) in [7, 11) is 0.439. The van der Waals surface area contributed by atoms with Gasteiger partial charge in [0.2, 0.25) is 17.8 Å². The van der Waals surface area contributed by atoms with E-state index in [4.69, 9.17) is 33.8 Å². The van der Waals surface area contributed by atoms with E-state index >= 15 is 0 Å². The first-order valence-corrected chi connectivity index (χ1v) is 22.4. The maximum absolute atomic E-state index is 13.3. The summed E-state index contributed by atoms with van der Waals surface area (Å²) < 4.78 is 40.5. The highest BCUT2D eigenvalue weighted by atomic mass is 28.4. The number of nitrogens with one attached hydrogen (secondary N) is 2. The van der Waals surface area contributed by atoms with Gasteiger partial charge in [0.05, 0.1) is 27.0 Å². The third-order valence-electron chi connectivity index (χ3n) is 11.0. The zero-order valence-corrected chi connectivity index (χ0v) is 36.0. The number of aromatic amines is 1. The van der Waals surface area contributed by atoms with Crippen molar-refractivity contribution in [1.82, 2.24) is 19.5 Å². The van der Waals surface area contributed by atoms with Crippen molar-refractivity contribution in [1.29, 1.82) is 0 Å². The molecule has 4 N–H and O–H groups in total. The number of ether oxygens (including phenoxy) is 5. The quantitative estimate of drug-likeness (QED) is 0.0633. The summed E-state index contributed by atoms with van der Waals surface area (Å²) >= 11 is 0. The number of methoxy groups -OCH3 is 2. The van der Waals surface area contributed by atoms with E-state index in [9.17, 15) is 19.2 Å². The highest BCUT2D eigenvalue weighted by Crippen LogP contribution is 2.49. The van der Waals surface area contributed by atoms with E-state index < -0.39 is 61.8 Å². The Hall–Kier alpha value is -5.88. The van der Waals surface area contributed by atoms with Crippen LogP contribution in [0, 0.1) is 0 Å². The molecule has 1 aliphatic rings. The number of rotatable bonds is 16. The molecule has 1 aliphatic heterocycles. The number of carbonyl (C=O) groups is 3. The molecule has 0 unspecified atom stereocenters. The van der Waals surface area contributed by atoms with Crippen molar-refractivity contribution >= 4 is 43.2 Å². The van der Waals surface area contributed by atoms with E-state index in [2.05, 4.69) is 54.1 Å². The number of imidazole rings is 1. The molecule has 60 heavy (non-hydrogen) atoms. The molecule has 3 heterocycles. The van der Waals surface area contributed by atoms with Crippen LogP contribution in [0.4, 0.5) is 5.95 Å². The number of aromatic nitrogens is 4. The Morgan fingerprint density at radius 3 is 2.00 bits per heavy atom. The minimum Gasteiger partial charge on any atom is -0.497 e. The largest absolute Gasteiger partial charge is 0.497 e. The number of H-pyrrole nitrogens is 1. The molecule has 16 nitrogen and oxygen atoms in total. The average molecular weight is 841 g/mol. The summed E-state index contributed by atoms with van der Waals surface area (Å²) in [4.78, 5) is 61.6. The fourth-order valence-electron chi connectivity index (χ4n) is 6.89. The lowest BCUT2D eigenvalue weighted by atomic mass is 9.79. The number of primary amides is 1. The molecule has 2 amide bonds. The van der Waals surface area contributed by atoms with Gasteiger partial charge in [-0.3, -0.25) is 34.0 Å². The van der Waals surface area contributed by atoms with E-state index in [1.807, 2.05) is 78.9 Å². The smallest absolute Gasteiger partial charge is 0.306 e. The predicted molar refractivity (Wildman–Crippen MR) is 225 cm³/mol. The number of benzene rings is 3. The summed E-state index contributed by atoms with van der Waals surface area (Å²) in [5, 5.41) is 2.23. The topological polar surface area (TPSA) is 208 Å². The number of anilines is 1. The summed E-state index contributed by atoms with van der Waals surface area (Å²) in [6.07, 6.45) is -3.08. The third kappa shape index (κ3) is 9.13. The molecule has 0 spiro atoms. The Bertz CT molecular complexity index is 2310. The lowest BCUT2D eigenvalue weighted by Gasteiger charge is -2.44. The third-order valence-corrected chi connectivity index (χ3v) is 15.5. The lowest BCUT2D eigenvalue weighted by Crippen LogP contribution is -2.52. The van der Waals surface area contributed by atoms with Crippen LogP contribution in [-0.2, 0) is 38.6 Å². The molecule has 0 saturated carbocycles. The van der Waals surface area contributed by atoms with Crippen LogP contribution < -0.4 is 26.1 Å². The molecule has 2 aromatic heterocycles. The number of amides is 2. The van der Waals surface area contributed by atoms with Gasteiger partial charge < -0.3 is 33.8 Å². The molecule has 6 rings (SSSR count). The number of fused-ring (bicyclic) bond motifs is 1. The zero-order valence-electron chi connectivity index (χ0n) is 35.0. The number of nitrogens with two attached hydrogens (primary N) is 1. The number of esters is 1. The van der Waals surface area contributed by atoms with Gasteiger partial charge in [-0.2, -0.15) is 4.98 Å². The van der Waals surface area contributed by atoms with Crippen molar-refractivity contribution in [2.24, 2.45) is 5.73 Å². The highest BCUT2D eigenvalue weighted by molar-refractivity contribution is 6.74. The summed E-state index contributed by atoms with van der Waals surface area (Å²) in [5.74, 6) is -0.576. The minimum atomic E-state index is -2.75. The Morgan fingerprint density at radius 1 is 0.883 bits per heavy atom. The number of carbonyl (C=O) groups excluding carboxylic acids is 3. The van der Waals surface area contributed by atoms with E-state index in [0.29, 0.717) is 11.5 Å². The van der Waals surface area contributed by atoms with Crippen molar-refractivity contribution in [3.8, 4) is 11.5 Å². The molecule has 3 aromatic carbocycles. The Labute approximate surface area is 348 Å². The molecule has 17 heteroatoms.